The molecule has 2 unspecified atom stereocenters. The molecule has 1 saturated heterocycles. The molecule has 0 aliphatic carbocycles. The van der Waals surface area contributed by atoms with Crippen molar-refractivity contribution in [3.05, 3.63) is 20.9 Å². The maximum Gasteiger partial charge on any atom is 0.311 e. The van der Waals surface area contributed by atoms with Crippen molar-refractivity contribution < 1.29 is 14.3 Å². The van der Waals surface area contributed by atoms with Gasteiger partial charge >= 0.3 is 5.97 Å². The molecule has 9 heteroatoms. The van der Waals surface area contributed by atoms with Gasteiger partial charge in [0.15, 0.2) is 0 Å². The fourth-order valence-electron chi connectivity index (χ4n) is 1.88. The second-order valence-electron chi connectivity index (χ2n) is 4.50. The summed E-state index contributed by atoms with van der Waals surface area (Å²) in [4.78, 5) is 16.9. The first-order valence-corrected chi connectivity index (χ1v) is 6.57. The van der Waals surface area contributed by atoms with Crippen LogP contribution < -0.4 is 0 Å². The fourth-order valence-corrected chi connectivity index (χ4v) is 1.88. The molecule has 0 saturated carbocycles. The second-order valence-corrected chi connectivity index (χ2v) is 4.50. The molecule has 1 fully saturated rings. The van der Waals surface area contributed by atoms with Crippen LogP contribution >= 0.6 is 0 Å². The number of esters is 1. The fraction of sp³-hybridized carbons (Fsp3) is 0.909. The molecule has 1 rings (SSSR count). The molecule has 0 N–H and O–H groups in total. The van der Waals surface area contributed by atoms with Gasteiger partial charge in [-0.15, -0.1) is 0 Å². The Hall–Kier alpha value is -1.95. The lowest BCUT2D eigenvalue weighted by atomic mass is 10.1. The van der Waals surface area contributed by atoms with Gasteiger partial charge in [0.2, 0.25) is 0 Å². The zero-order valence-electron chi connectivity index (χ0n) is 11.2. The van der Waals surface area contributed by atoms with Crippen LogP contribution in [0.5, 0.6) is 0 Å². The van der Waals surface area contributed by atoms with E-state index < -0.39 is 0 Å². The van der Waals surface area contributed by atoms with Crippen LogP contribution in [0.1, 0.15) is 25.7 Å². The number of ether oxygens (including phenoxy) is 2. The average Bonchev–Trinajstić information content (AvgIpc) is 2.98. The van der Waals surface area contributed by atoms with Crippen molar-refractivity contribution in [1.29, 1.82) is 0 Å². The summed E-state index contributed by atoms with van der Waals surface area (Å²) in [5.74, 6) is -0.334. The minimum atomic E-state index is -0.338. The normalized spacial score (nSPS) is 18.7. The first-order valence-electron chi connectivity index (χ1n) is 6.57. The van der Waals surface area contributed by atoms with E-state index in [2.05, 4.69) is 20.1 Å². The van der Waals surface area contributed by atoms with Crippen LogP contribution in [0.4, 0.5) is 0 Å². The summed E-state index contributed by atoms with van der Waals surface area (Å²) in [6.07, 6.45) is 2.75. The minimum absolute atomic E-state index is 0.129. The summed E-state index contributed by atoms with van der Waals surface area (Å²) in [5.41, 5.74) is 16.6. The first kappa shape index (κ1) is 16.1. The van der Waals surface area contributed by atoms with Crippen LogP contribution in [0.15, 0.2) is 10.2 Å². The third kappa shape index (κ3) is 6.29. The molecular formula is C11H18N6O3. The van der Waals surface area contributed by atoms with Gasteiger partial charge in [-0.3, -0.25) is 4.79 Å². The molecule has 20 heavy (non-hydrogen) atoms. The lowest BCUT2D eigenvalue weighted by Crippen LogP contribution is -2.18. The Balaban J connectivity index is 2.11. The molecule has 110 valence electrons. The van der Waals surface area contributed by atoms with Crippen molar-refractivity contribution in [3.8, 4) is 0 Å². The van der Waals surface area contributed by atoms with Gasteiger partial charge in [0.1, 0.15) is 0 Å². The van der Waals surface area contributed by atoms with Crippen LogP contribution in [0.25, 0.3) is 20.9 Å². The van der Waals surface area contributed by atoms with Crippen molar-refractivity contribution >= 4 is 5.97 Å². The van der Waals surface area contributed by atoms with E-state index >= 15 is 0 Å². The number of hydrogen-bond acceptors (Lipinski definition) is 5. The number of rotatable bonds is 9. The zero-order chi connectivity index (χ0) is 14.6. The van der Waals surface area contributed by atoms with Crippen LogP contribution in [0, 0.1) is 5.92 Å². The molecule has 9 nitrogen and oxygen atoms in total. The minimum Gasteiger partial charge on any atom is -0.465 e. The molecule has 1 aliphatic heterocycles. The molecule has 1 aliphatic rings. The molecule has 1 heterocycles. The van der Waals surface area contributed by atoms with E-state index in [1.165, 1.54) is 0 Å². The van der Waals surface area contributed by atoms with E-state index in [1.807, 2.05) is 0 Å². The number of carbonyl (C=O) groups is 1. The Labute approximate surface area is 116 Å². The summed E-state index contributed by atoms with van der Waals surface area (Å²) in [5, 5.41) is 6.94. The summed E-state index contributed by atoms with van der Waals surface area (Å²) in [6, 6.07) is -0.338. The van der Waals surface area contributed by atoms with Gasteiger partial charge in [0.25, 0.3) is 0 Å². The van der Waals surface area contributed by atoms with Crippen molar-refractivity contribution in [3.63, 3.8) is 0 Å². The molecule has 0 radical (unpaired) electrons. The molecule has 0 bridgehead atoms. The summed E-state index contributed by atoms with van der Waals surface area (Å²) < 4.78 is 10.3. The summed E-state index contributed by atoms with van der Waals surface area (Å²) >= 11 is 0. The van der Waals surface area contributed by atoms with Gasteiger partial charge < -0.3 is 9.47 Å². The van der Waals surface area contributed by atoms with Crippen molar-refractivity contribution in [2.75, 3.05) is 26.4 Å². The molecular weight excluding hydrogens is 264 g/mol. The van der Waals surface area contributed by atoms with Gasteiger partial charge in [0.05, 0.1) is 19.1 Å². The molecule has 2 atom stereocenters. The molecule has 0 spiro atoms. The van der Waals surface area contributed by atoms with Gasteiger partial charge in [-0.05, 0) is 36.7 Å². The van der Waals surface area contributed by atoms with Crippen molar-refractivity contribution in [1.82, 2.24) is 0 Å². The topological polar surface area (TPSA) is 133 Å². The number of nitrogens with zero attached hydrogens (tertiary/aromatic N) is 6. The summed E-state index contributed by atoms with van der Waals surface area (Å²) in [7, 11) is 0. The Morgan fingerprint density at radius 2 is 2.25 bits per heavy atom. The highest BCUT2D eigenvalue weighted by atomic mass is 16.5. The lowest BCUT2D eigenvalue weighted by Gasteiger charge is -2.10. The van der Waals surface area contributed by atoms with E-state index in [-0.39, 0.29) is 24.5 Å². The smallest absolute Gasteiger partial charge is 0.311 e. The van der Waals surface area contributed by atoms with Gasteiger partial charge in [0, 0.05) is 29.0 Å². The first-order chi connectivity index (χ1) is 9.77. The van der Waals surface area contributed by atoms with Crippen LogP contribution in [-0.2, 0) is 14.3 Å². The Morgan fingerprint density at radius 1 is 1.40 bits per heavy atom. The quantitative estimate of drug-likeness (QED) is 0.211. The average molecular weight is 282 g/mol. The van der Waals surface area contributed by atoms with Gasteiger partial charge in [-0.1, -0.05) is 10.2 Å². The third-order valence-corrected chi connectivity index (χ3v) is 3.01. The number of azide groups is 2. The molecule has 0 amide bonds. The number of carbonyl (C=O) groups excluding carboxylic acids is 1. The molecule has 0 aromatic carbocycles. The monoisotopic (exact) mass is 282 g/mol. The highest BCUT2D eigenvalue weighted by molar-refractivity contribution is 5.72. The van der Waals surface area contributed by atoms with Crippen LogP contribution in [0.3, 0.4) is 0 Å². The maximum atomic E-state index is 11.6. The summed E-state index contributed by atoms with van der Waals surface area (Å²) in [6.45, 7) is 1.57. The standard InChI is InChI=1S/C11H18N6O3/c12-16-14-7-10(15-17-13)3-1-2-5-20-11(18)9-4-6-19-8-9/h9-10H,1-8H2. The third-order valence-electron chi connectivity index (χ3n) is 3.01. The van der Waals surface area contributed by atoms with E-state index in [1.54, 1.807) is 0 Å². The zero-order valence-corrected chi connectivity index (χ0v) is 11.2. The van der Waals surface area contributed by atoms with Gasteiger partial charge in [-0.25, -0.2) is 0 Å². The van der Waals surface area contributed by atoms with Crippen LogP contribution in [0.2, 0.25) is 0 Å². The Morgan fingerprint density at radius 3 is 2.90 bits per heavy atom. The van der Waals surface area contributed by atoms with E-state index in [0.29, 0.717) is 32.7 Å². The van der Waals surface area contributed by atoms with Gasteiger partial charge in [-0.2, -0.15) is 0 Å². The SMILES string of the molecule is [N-]=[N+]=NCC(CCCCOC(=O)C1CCOC1)N=[N+]=[N-]. The Bertz CT molecular complexity index is 397. The lowest BCUT2D eigenvalue weighted by molar-refractivity contribution is -0.148. The largest absolute Gasteiger partial charge is 0.465 e. The second kappa shape index (κ2) is 9.91. The highest BCUT2D eigenvalue weighted by Gasteiger charge is 2.24. The maximum absolute atomic E-state index is 11.6. The van der Waals surface area contributed by atoms with E-state index in [4.69, 9.17) is 20.5 Å². The number of hydrogen-bond donors (Lipinski definition) is 0. The predicted molar refractivity (Wildman–Crippen MR) is 70.7 cm³/mol. The number of unbranched alkanes of at least 4 members (excludes halogenated alkanes) is 1. The Kier molecular flexibility index (Phi) is 7.98. The van der Waals surface area contributed by atoms with Crippen LogP contribution in [-0.4, -0.2) is 38.4 Å². The van der Waals surface area contributed by atoms with E-state index in [9.17, 15) is 4.79 Å². The highest BCUT2D eigenvalue weighted by Crippen LogP contribution is 2.14. The van der Waals surface area contributed by atoms with Crippen molar-refractivity contribution in [2.45, 2.75) is 31.7 Å². The predicted octanol–water partition coefficient (Wildman–Crippen LogP) is 2.73. The molecule has 0 aromatic rings. The van der Waals surface area contributed by atoms with Crippen molar-refractivity contribution in [2.24, 2.45) is 16.1 Å². The van der Waals surface area contributed by atoms with E-state index in [0.717, 1.165) is 12.8 Å². The molecule has 0 aromatic heterocycles.